The highest BCUT2D eigenvalue weighted by atomic mass is 19.1. The first-order chi connectivity index (χ1) is 18.1. The molecule has 6 heteroatoms. The number of nitrogens with two attached hydrogens (primary N) is 1. The van der Waals surface area contributed by atoms with Crippen molar-refractivity contribution in [3.63, 3.8) is 0 Å². The highest BCUT2D eigenvalue weighted by molar-refractivity contribution is 6.24. The summed E-state index contributed by atoms with van der Waals surface area (Å²) in [5.74, 6) is 0.0465. The number of carbonyl (C=O) groups excluding carboxylic acids is 2. The maximum atomic E-state index is 13.8. The molecule has 1 atom stereocenters. The monoisotopic (exact) mass is 534 g/mol. The van der Waals surface area contributed by atoms with Crippen molar-refractivity contribution in [3.05, 3.63) is 88.4 Å². The van der Waals surface area contributed by atoms with Gasteiger partial charge in [0.2, 0.25) is 0 Å². The van der Waals surface area contributed by atoms with Crippen molar-refractivity contribution in [3.8, 4) is 0 Å². The second kappa shape index (κ2) is 12.5. The molecule has 39 heavy (non-hydrogen) atoms. The Balaban J connectivity index is 2.63. The fraction of sp³-hybridized carbons (Fsp3) is 0.424. The molecule has 0 heterocycles. The molecule has 1 fully saturated rings. The Bertz CT molecular complexity index is 1290. The third kappa shape index (κ3) is 7.31. The molecule has 0 saturated heterocycles. The van der Waals surface area contributed by atoms with Gasteiger partial charge in [0.15, 0.2) is 0 Å². The molecule has 1 aromatic rings. The van der Waals surface area contributed by atoms with Gasteiger partial charge in [-0.1, -0.05) is 38.6 Å². The Morgan fingerprint density at radius 1 is 1.13 bits per heavy atom. The first kappa shape index (κ1) is 31.7. The van der Waals surface area contributed by atoms with Gasteiger partial charge in [-0.25, -0.2) is 9.38 Å². The van der Waals surface area contributed by atoms with E-state index >= 15 is 0 Å². The summed E-state index contributed by atoms with van der Waals surface area (Å²) in [4.78, 5) is 29.0. The van der Waals surface area contributed by atoms with Crippen LogP contribution in [0.4, 0.5) is 4.39 Å². The number of hydrogen-bond donors (Lipinski definition) is 1. The maximum Gasteiger partial charge on any atom is 0.138 e. The largest absolute Gasteiger partial charge is 0.469 e. The van der Waals surface area contributed by atoms with E-state index < -0.39 is 10.8 Å². The van der Waals surface area contributed by atoms with Crippen LogP contribution < -0.4 is 5.73 Å². The van der Waals surface area contributed by atoms with Crippen LogP contribution in [-0.4, -0.2) is 18.3 Å². The molecular weight excluding hydrogens is 491 g/mol. The summed E-state index contributed by atoms with van der Waals surface area (Å²) in [5, 5.41) is 0. The lowest BCUT2D eigenvalue weighted by Gasteiger charge is -2.33. The van der Waals surface area contributed by atoms with E-state index in [-0.39, 0.29) is 23.3 Å². The van der Waals surface area contributed by atoms with Gasteiger partial charge in [0, 0.05) is 22.3 Å². The third-order valence-corrected chi connectivity index (χ3v) is 7.03. The van der Waals surface area contributed by atoms with Crippen LogP contribution in [0.5, 0.6) is 0 Å². The van der Waals surface area contributed by atoms with Gasteiger partial charge in [0.05, 0.1) is 6.26 Å². The number of aliphatic imine (C=N–C) groups is 1. The Morgan fingerprint density at radius 2 is 1.74 bits per heavy atom. The summed E-state index contributed by atoms with van der Waals surface area (Å²) in [6, 6.07) is 4.65. The van der Waals surface area contributed by atoms with Crippen LogP contribution in [0.25, 0.3) is 5.57 Å². The molecule has 0 aromatic heterocycles. The average Bonchev–Trinajstić information content (AvgIpc) is 3.67. The van der Waals surface area contributed by atoms with E-state index in [0.717, 1.165) is 53.3 Å². The molecule has 5 nitrogen and oxygen atoms in total. The first-order valence-corrected chi connectivity index (χ1v) is 13.2. The number of benzene rings is 1. The van der Waals surface area contributed by atoms with Gasteiger partial charge in [-0.2, -0.15) is 0 Å². The van der Waals surface area contributed by atoms with E-state index in [1.165, 1.54) is 12.1 Å². The summed E-state index contributed by atoms with van der Waals surface area (Å²) >= 11 is 0. The van der Waals surface area contributed by atoms with E-state index in [4.69, 9.17) is 15.5 Å². The van der Waals surface area contributed by atoms with E-state index in [1.54, 1.807) is 19.3 Å². The van der Waals surface area contributed by atoms with Gasteiger partial charge in [0.1, 0.15) is 35.4 Å². The second-order valence-corrected chi connectivity index (χ2v) is 11.6. The Kier molecular flexibility index (Phi) is 10.2. The number of carbonyl (C=O) groups is 2. The Morgan fingerprint density at radius 3 is 2.21 bits per heavy atom. The molecule has 1 saturated carbocycles. The molecule has 0 spiro atoms. The maximum absolute atomic E-state index is 13.8. The number of allylic oxidation sites excluding steroid dienone is 5. The smallest absolute Gasteiger partial charge is 0.138 e. The SMILES string of the molecule is C=C(C)/C(=C(/N)N=C(C)C(=C(C)C)c1ccc(F)cc1C)C(C=O)(C(=C)O/C=C(\C)CC(C)(C)C=O)C1CC1. The predicted octanol–water partition coefficient (Wildman–Crippen LogP) is 7.78. The molecule has 0 bridgehead atoms. The van der Waals surface area contributed by atoms with Gasteiger partial charge in [-0.3, -0.25) is 0 Å². The molecule has 1 unspecified atom stereocenters. The Labute approximate surface area is 233 Å². The lowest BCUT2D eigenvalue weighted by Crippen LogP contribution is -2.33. The van der Waals surface area contributed by atoms with Crippen molar-refractivity contribution in [1.29, 1.82) is 0 Å². The Hall–Kier alpha value is -3.54. The standard InChI is InChI=1S/C33H43FN2O3/c1-20(2)29(28-14-13-27(34)15-23(28)6)24(7)36-31(35)30(21(3)4)33(19-38,26-11-12-26)25(8)39-17-22(5)16-32(9,10)18-37/h13-15,17-19,26H,3,8,11-12,16,35H2,1-2,4-7,9-10H3/b22-17+,31-30+,36-24?. The minimum Gasteiger partial charge on any atom is -0.469 e. The topological polar surface area (TPSA) is 81.8 Å². The zero-order valence-corrected chi connectivity index (χ0v) is 24.7. The summed E-state index contributed by atoms with van der Waals surface area (Å²) in [7, 11) is 0. The van der Waals surface area contributed by atoms with Crippen LogP contribution in [0.15, 0.2) is 76.5 Å². The quantitative estimate of drug-likeness (QED) is 0.121. The molecule has 1 aliphatic carbocycles. The highest BCUT2D eigenvalue weighted by Gasteiger charge is 2.52. The summed E-state index contributed by atoms with van der Waals surface area (Å²) in [6.07, 6.45) is 5.43. The number of aldehydes is 2. The molecule has 0 aliphatic heterocycles. The van der Waals surface area contributed by atoms with Gasteiger partial charge < -0.3 is 20.1 Å². The van der Waals surface area contributed by atoms with Crippen molar-refractivity contribution in [2.75, 3.05) is 0 Å². The average molecular weight is 535 g/mol. The zero-order valence-electron chi connectivity index (χ0n) is 24.7. The fourth-order valence-corrected chi connectivity index (χ4v) is 5.21. The molecule has 0 radical (unpaired) electrons. The number of nitrogens with zero attached hydrogens (tertiary/aromatic N) is 1. The number of ether oxygens (including phenoxy) is 1. The molecule has 0 amide bonds. The van der Waals surface area contributed by atoms with Crippen molar-refractivity contribution in [1.82, 2.24) is 0 Å². The molecule has 1 aromatic carbocycles. The van der Waals surface area contributed by atoms with Crippen LogP contribution in [0, 0.1) is 29.5 Å². The van der Waals surface area contributed by atoms with Crippen molar-refractivity contribution in [2.24, 2.45) is 27.5 Å². The van der Waals surface area contributed by atoms with Crippen molar-refractivity contribution >= 4 is 23.9 Å². The van der Waals surface area contributed by atoms with Crippen LogP contribution in [-0.2, 0) is 14.3 Å². The van der Waals surface area contributed by atoms with Crippen LogP contribution in [0.1, 0.15) is 78.9 Å². The predicted molar refractivity (Wildman–Crippen MR) is 158 cm³/mol. The zero-order chi connectivity index (χ0) is 29.7. The van der Waals surface area contributed by atoms with Crippen LogP contribution >= 0.6 is 0 Å². The van der Waals surface area contributed by atoms with E-state index in [9.17, 15) is 14.0 Å². The number of aryl methyl sites for hydroxylation is 1. The minimum absolute atomic E-state index is 0.0503. The molecule has 210 valence electrons. The van der Waals surface area contributed by atoms with Crippen molar-refractivity contribution < 1.29 is 18.7 Å². The normalized spacial score (nSPS) is 16.5. The van der Waals surface area contributed by atoms with Gasteiger partial charge >= 0.3 is 0 Å². The fourth-order valence-electron chi connectivity index (χ4n) is 5.21. The third-order valence-electron chi connectivity index (χ3n) is 7.03. The molecule has 2 N–H and O–H groups in total. The van der Waals surface area contributed by atoms with Crippen molar-refractivity contribution in [2.45, 2.75) is 74.7 Å². The highest BCUT2D eigenvalue weighted by Crippen LogP contribution is 2.55. The number of rotatable bonds is 13. The molecular formula is C33H43FN2O3. The first-order valence-electron chi connectivity index (χ1n) is 13.2. The number of halogens is 1. The molecule has 1 aliphatic rings. The van der Waals surface area contributed by atoms with Gasteiger partial charge in [0.25, 0.3) is 0 Å². The summed E-state index contributed by atoms with van der Waals surface area (Å²) < 4.78 is 19.8. The van der Waals surface area contributed by atoms with E-state index in [0.29, 0.717) is 23.3 Å². The lowest BCUT2D eigenvalue weighted by molar-refractivity contribution is -0.115. The van der Waals surface area contributed by atoms with Crippen LogP contribution in [0.2, 0.25) is 0 Å². The summed E-state index contributed by atoms with van der Waals surface area (Å²) in [5.41, 5.74) is 10.9. The van der Waals surface area contributed by atoms with E-state index in [1.807, 2.05) is 48.5 Å². The van der Waals surface area contributed by atoms with Gasteiger partial charge in [-0.15, -0.1) is 0 Å². The second-order valence-electron chi connectivity index (χ2n) is 11.6. The van der Waals surface area contributed by atoms with Gasteiger partial charge in [-0.05, 0) is 101 Å². The lowest BCUT2D eigenvalue weighted by atomic mass is 9.72. The summed E-state index contributed by atoms with van der Waals surface area (Å²) in [6.45, 7) is 23.3. The van der Waals surface area contributed by atoms with E-state index in [2.05, 4.69) is 13.2 Å². The number of hydrogen-bond acceptors (Lipinski definition) is 5. The minimum atomic E-state index is -1.23. The molecule has 2 rings (SSSR count). The van der Waals surface area contributed by atoms with Crippen LogP contribution in [0.3, 0.4) is 0 Å².